The monoisotopic (exact) mass is 499 g/mol. The van der Waals surface area contributed by atoms with Crippen LogP contribution in [-0.2, 0) is 20.8 Å². The van der Waals surface area contributed by atoms with E-state index in [1.165, 1.54) is 19.0 Å². The largest absolute Gasteiger partial charge is 0.508 e. The summed E-state index contributed by atoms with van der Waals surface area (Å²) in [4.78, 5) is 39.9. The Hall–Kier alpha value is -2.79. The fraction of sp³-hybridized carbons (Fsp3) is 0.381. The van der Waals surface area contributed by atoms with Crippen LogP contribution in [0.5, 0.6) is 5.75 Å². The predicted octanol–water partition coefficient (Wildman–Crippen LogP) is 0.621. The topological polar surface area (TPSA) is 187 Å². The van der Waals surface area contributed by atoms with Crippen LogP contribution in [0.4, 0.5) is 5.69 Å². The Kier molecular flexibility index (Phi) is 5.96. The third kappa shape index (κ3) is 3.12. The highest BCUT2D eigenvalue weighted by atomic mass is 35.5. The number of nitrogens with two attached hydrogens (primary N) is 2. The van der Waals surface area contributed by atoms with Gasteiger partial charge in [0.05, 0.1) is 22.3 Å². The zero-order chi connectivity index (χ0) is 23.9. The molecule has 0 heterocycles. The Bertz CT molecular complexity index is 1180. The molecule has 0 bridgehead atoms. The summed E-state index contributed by atoms with van der Waals surface area (Å²) in [6.45, 7) is 0. The minimum absolute atomic E-state index is 0. The van der Waals surface area contributed by atoms with Gasteiger partial charge in [0.1, 0.15) is 22.8 Å². The van der Waals surface area contributed by atoms with Crippen molar-refractivity contribution in [2.24, 2.45) is 17.6 Å². The van der Waals surface area contributed by atoms with Crippen LogP contribution in [0.15, 0.2) is 23.0 Å². The number of aliphatic hydroxyl groups excluding tert-OH is 2. The van der Waals surface area contributed by atoms with Crippen molar-refractivity contribution in [2.75, 3.05) is 19.8 Å². The lowest BCUT2D eigenvalue weighted by molar-refractivity contribution is -0.153. The summed E-state index contributed by atoms with van der Waals surface area (Å²) in [7, 11) is 3.06. The van der Waals surface area contributed by atoms with Gasteiger partial charge in [-0.2, -0.15) is 0 Å². The summed E-state index contributed by atoms with van der Waals surface area (Å²) in [6, 6.07) is -0.0146. The Morgan fingerprint density at radius 1 is 1.24 bits per heavy atom. The highest BCUT2D eigenvalue weighted by Crippen LogP contribution is 2.53. The number of likely N-dealkylation sites (N-methyl/N-ethyl adjacent to an activating group) is 1. The molecular formula is C21H23Cl2N3O7. The van der Waals surface area contributed by atoms with Gasteiger partial charge >= 0.3 is 0 Å². The fourth-order valence-corrected chi connectivity index (χ4v) is 5.53. The lowest BCUT2D eigenvalue weighted by Crippen LogP contribution is -2.65. The van der Waals surface area contributed by atoms with Gasteiger partial charge in [0.15, 0.2) is 11.4 Å². The molecule has 10 nitrogen and oxygen atoms in total. The second-order valence-electron chi connectivity index (χ2n) is 8.61. The number of carbonyl (C=O) groups is 3. The number of nitrogens with zero attached hydrogens (tertiary/aromatic N) is 1. The molecule has 0 spiro atoms. The second kappa shape index (κ2) is 7.91. The summed E-state index contributed by atoms with van der Waals surface area (Å²) >= 11 is 6.06. The maximum atomic E-state index is 13.6. The van der Waals surface area contributed by atoms with Crippen molar-refractivity contribution in [2.45, 2.75) is 24.5 Å². The van der Waals surface area contributed by atoms with E-state index >= 15 is 0 Å². The summed E-state index contributed by atoms with van der Waals surface area (Å²) < 4.78 is 0. The maximum absolute atomic E-state index is 13.6. The minimum atomic E-state index is -2.67. The van der Waals surface area contributed by atoms with Crippen LogP contribution in [-0.4, -0.2) is 68.5 Å². The predicted molar refractivity (Wildman–Crippen MR) is 121 cm³/mol. The molecule has 0 radical (unpaired) electrons. The Balaban J connectivity index is 0.00000306. The first-order valence-electron chi connectivity index (χ1n) is 9.78. The molecule has 1 fully saturated rings. The van der Waals surface area contributed by atoms with E-state index < -0.39 is 63.8 Å². The Morgan fingerprint density at radius 2 is 1.85 bits per heavy atom. The average Bonchev–Trinajstić information content (AvgIpc) is 2.68. The van der Waals surface area contributed by atoms with Gasteiger partial charge in [-0.25, -0.2) is 0 Å². The molecule has 1 saturated carbocycles. The number of amides is 1. The molecule has 12 heteroatoms. The van der Waals surface area contributed by atoms with E-state index in [1.807, 2.05) is 0 Å². The smallest absolute Gasteiger partial charge is 0.255 e. The van der Waals surface area contributed by atoms with Crippen LogP contribution in [0.3, 0.4) is 0 Å². The molecular weight excluding hydrogens is 477 g/mol. The van der Waals surface area contributed by atoms with Gasteiger partial charge in [0.2, 0.25) is 5.78 Å². The fourth-order valence-electron chi connectivity index (χ4n) is 5.31. The first-order chi connectivity index (χ1) is 14.8. The Morgan fingerprint density at radius 3 is 2.39 bits per heavy atom. The lowest BCUT2D eigenvalue weighted by atomic mass is 9.57. The minimum Gasteiger partial charge on any atom is -0.508 e. The van der Waals surface area contributed by atoms with E-state index in [0.717, 1.165) is 6.07 Å². The van der Waals surface area contributed by atoms with E-state index in [9.17, 15) is 34.8 Å². The molecule has 1 aromatic carbocycles. The number of hydrogen-bond acceptors (Lipinski definition) is 9. The standard InChI is InChI=1S/C21H22ClN3O7.ClH/c1-25(2)15-8-4-6-3-7-12(10(26)5-9(22)14(7)23)16(27)11(6)18(29)21(8,32)19(30)13(17(15)28)20(24)31;/h5-6,8,15,26-27,30,32H,3-4,23H2,1-2H3,(H2,24,31);1H/t6?,8?,15-,21-;/m0./s1. The van der Waals surface area contributed by atoms with Crippen molar-refractivity contribution in [3.63, 3.8) is 0 Å². The summed E-state index contributed by atoms with van der Waals surface area (Å²) in [5, 5.41) is 43.5. The SMILES string of the molecule is CN(C)[C@@H]1C(=O)C(C(N)=O)=C(O)[C@@]2(O)C(=O)C3=C(O)c4c(O)cc(Cl)c(N)c4CC3CC12.Cl. The molecule has 2 unspecified atom stereocenters. The molecule has 0 aromatic heterocycles. The van der Waals surface area contributed by atoms with Crippen LogP contribution in [0.25, 0.3) is 5.76 Å². The highest BCUT2D eigenvalue weighted by Gasteiger charge is 2.64. The molecule has 8 N–H and O–H groups in total. The number of hydrogen-bond donors (Lipinski definition) is 6. The molecule has 3 aliphatic carbocycles. The van der Waals surface area contributed by atoms with Crippen molar-refractivity contribution >= 4 is 52.9 Å². The third-order valence-electron chi connectivity index (χ3n) is 6.72. The molecule has 178 valence electrons. The number of primary amides is 1. The number of phenols is 1. The summed E-state index contributed by atoms with van der Waals surface area (Å²) in [5.41, 5.74) is 7.92. The first kappa shape index (κ1) is 24.8. The van der Waals surface area contributed by atoms with E-state index in [0.29, 0.717) is 5.56 Å². The van der Waals surface area contributed by atoms with Gasteiger partial charge in [-0.3, -0.25) is 19.3 Å². The number of halogens is 2. The third-order valence-corrected chi connectivity index (χ3v) is 7.03. The van der Waals surface area contributed by atoms with Crippen molar-refractivity contribution in [1.29, 1.82) is 0 Å². The number of benzene rings is 1. The quantitative estimate of drug-likeness (QED) is 0.192. The Labute approximate surface area is 199 Å². The number of aliphatic hydroxyl groups is 3. The number of nitrogen functional groups attached to an aromatic ring is 1. The van der Waals surface area contributed by atoms with E-state index in [1.54, 1.807) is 0 Å². The molecule has 1 amide bonds. The number of aromatic hydroxyl groups is 1. The number of fused-ring (bicyclic) bond motifs is 3. The number of ketones is 2. The van der Waals surface area contributed by atoms with E-state index in [-0.39, 0.29) is 47.1 Å². The highest BCUT2D eigenvalue weighted by molar-refractivity contribution is 6.33. The molecule has 1 aromatic rings. The molecule has 0 saturated heterocycles. The van der Waals surface area contributed by atoms with Gasteiger partial charge in [0.25, 0.3) is 5.91 Å². The molecule has 3 aliphatic rings. The number of phenolic OH excluding ortho intramolecular Hbond substituents is 1. The van der Waals surface area contributed by atoms with Crippen molar-refractivity contribution in [3.8, 4) is 5.75 Å². The van der Waals surface area contributed by atoms with Crippen LogP contribution >= 0.6 is 24.0 Å². The van der Waals surface area contributed by atoms with Crippen LogP contribution in [0, 0.1) is 11.8 Å². The number of rotatable bonds is 2. The molecule has 33 heavy (non-hydrogen) atoms. The van der Waals surface area contributed by atoms with Gasteiger partial charge in [-0.05, 0) is 38.4 Å². The average molecular weight is 500 g/mol. The zero-order valence-corrected chi connectivity index (χ0v) is 19.2. The van der Waals surface area contributed by atoms with Crippen molar-refractivity contribution < 1.29 is 34.8 Å². The van der Waals surface area contributed by atoms with Crippen LogP contribution in [0.2, 0.25) is 5.02 Å². The molecule has 4 rings (SSSR count). The van der Waals surface area contributed by atoms with Gasteiger partial charge in [-0.15, -0.1) is 12.4 Å². The summed E-state index contributed by atoms with van der Waals surface area (Å²) in [5.74, 6) is -7.16. The van der Waals surface area contributed by atoms with Crippen LogP contribution in [0.1, 0.15) is 17.5 Å². The second-order valence-corrected chi connectivity index (χ2v) is 9.01. The summed E-state index contributed by atoms with van der Waals surface area (Å²) in [6.07, 6.45) is 0.0764. The van der Waals surface area contributed by atoms with Gasteiger partial charge in [0, 0.05) is 17.6 Å². The number of Topliss-reactive ketones (excluding diaryl/α,β-unsaturated/α-hetero) is 2. The molecule has 4 atom stereocenters. The zero-order valence-electron chi connectivity index (χ0n) is 17.6. The van der Waals surface area contributed by atoms with Gasteiger partial charge < -0.3 is 31.9 Å². The van der Waals surface area contributed by atoms with Crippen molar-refractivity contribution in [1.82, 2.24) is 4.90 Å². The maximum Gasteiger partial charge on any atom is 0.255 e. The normalized spacial score (nSPS) is 28.8. The van der Waals surface area contributed by atoms with E-state index in [4.69, 9.17) is 23.1 Å². The van der Waals surface area contributed by atoms with Crippen molar-refractivity contribution in [3.05, 3.63) is 39.1 Å². The number of anilines is 1. The van der Waals surface area contributed by atoms with Gasteiger partial charge in [-0.1, -0.05) is 11.6 Å². The van der Waals surface area contributed by atoms with Crippen LogP contribution < -0.4 is 11.5 Å². The first-order valence-corrected chi connectivity index (χ1v) is 10.2. The number of carbonyl (C=O) groups excluding carboxylic acids is 3. The van der Waals surface area contributed by atoms with E-state index in [2.05, 4.69) is 0 Å². The lowest BCUT2D eigenvalue weighted by Gasteiger charge is -2.50. The molecule has 0 aliphatic heterocycles.